The van der Waals surface area contributed by atoms with Crippen molar-refractivity contribution in [1.82, 2.24) is 9.97 Å². The molecule has 2 heterocycles. The molecule has 0 aliphatic carbocycles. The fourth-order valence-corrected chi connectivity index (χ4v) is 3.90. The van der Waals surface area contributed by atoms with Gasteiger partial charge in [-0.2, -0.15) is 0 Å². The van der Waals surface area contributed by atoms with Gasteiger partial charge in [0.2, 0.25) is 11.2 Å². The maximum absolute atomic E-state index is 12.3. The Bertz CT molecular complexity index is 1550. The van der Waals surface area contributed by atoms with Crippen LogP contribution in [0.1, 0.15) is 5.76 Å². The lowest BCUT2D eigenvalue weighted by Gasteiger charge is -2.07. The minimum Gasteiger partial charge on any atom is -0.507 e. The molecule has 0 unspecified atom stereocenters. The van der Waals surface area contributed by atoms with Crippen LogP contribution in [-0.4, -0.2) is 27.3 Å². The van der Waals surface area contributed by atoms with Crippen LogP contribution in [0.3, 0.4) is 0 Å². The molecule has 7 heteroatoms. The van der Waals surface area contributed by atoms with Gasteiger partial charge < -0.3 is 24.4 Å². The predicted molar refractivity (Wildman–Crippen MR) is 126 cm³/mol. The van der Waals surface area contributed by atoms with E-state index in [4.69, 9.17) is 14.1 Å². The standard InChI is InChI=1S/C26H20N2O5/c1-14-13-20(30)24(31)25(33-14)23-22(16-7-10-17(32-2)11-8-16)27-26(28-23)21-18-6-4-3-5-15(18)9-12-19(21)29/h3-13,29,31H,1-2H3,(H,27,28). The van der Waals surface area contributed by atoms with Crippen molar-refractivity contribution in [2.45, 2.75) is 6.92 Å². The van der Waals surface area contributed by atoms with Crippen LogP contribution in [0.5, 0.6) is 17.2 Å². The highest BCUT2D eigenvalue weighted by atomic mass is 16.5. The largest absolute Gasteiger partial charge is 0.507 e. The summed E-state index contributed by atoms with van der Waals surface area (Å²) in [5.41, 5.74) is 1.42. The van der Waals surface area contributed by atoms with Crippen molar-refractivity contribution in [2.75, 3.05) is 7.11 Å². The van der Waals surface area contributed by atoms with Gasteiger partial charge >= 0.3 is 0 Å². The number of aromatic nitrogens is 2. The average molecular weight is 440 g/mol. The van der Waals surface area contributed by atoms with Gasteiger partial charge in [-0.15, -0.1) is 0 Å². The zero-order valence-corrected chi connectivity index (χ0v) is 17.9. The zero-order chi connectivity index (χ0) is 23.1. The summed E-state index contributed by atoms with van der Waals surface area (Å²) in [7, 11) is 1.58. The molecule has 164 valence electrons. The van der Waals surface area contributed by atoms with E-state index in [2.05, 4.69) is 4.98 Å². The number of nitrogens with zero attached hydrogens (tertiary/aromatic N) is 1. The molecule has 0 radical (unpaired) electrons. The number of phenolic OH excluding ortho intramolecular Hbond substituents is 1. The minimum atomic E-state index is -0.557. The Kier molecular flexibility index (Phi) is 4.86. The van der Waals surface area contributed by atoms with Gasteiger partial charge in [-0.3, -0.25) is 4.79 Å². The summed E-state index contributed by atoms with van der Waals surface area (Å²) in [5.74, 6) is 0.890. The lowest BCUT2D eigenvalue weighted by atomic mass is 10.0. The Morgan fingerprint density at radius 1 is 1.00 bits per heavy atom. The Morgan fingerprint density at radius 2 is 1.76 bits per heavy atom. The number of hydrogen-bond acceptors (Lipinski definition) is 6. The average Bonchev–Trinajstić information content (AvgIpc) is 3.26. The number of rotatable bonds is 4. The molecule has 2 aromatic heterocycles. The van der Waals surface area contributed by atoms with E-state index < -0.39 is 11.2 Å². The SMILES string of the molecule is COc1ccc(-c2nc(-c3c(O)ccc4ccccc34)[nH]c2-c2oc(C)cc(=O)c2O)cc1. The molecule has 0 aliphatic heterocycles. The molecule has 5 aromatic rings. The monoisotopic (exact) mass is 440 g/mol. The molecule has 0 atom stereocenters. The normalized spacial score (nSPS) is 11.1. The molecular weight excluding hydrogens is 420 g/mol. The first kappa shape index (κ1) is 20.4. The van der Waals surface area contributed by atoms with Gasteiger partial charge in [-0.1, -0.05) is 30.3 Å². The smallest absolute Gasteiger partial charge is 0.227 e. The zero-order valence-electron chi connectivity index (χ0n) is 17.9. The molecule has 7 nitrogen and oxygen atoms in total. The molecule has 0 fully saturated rings. The second-order valence-electron chi connectivity index (χ2n) is 7.62. The van der Waals surface area contributed by atoms with E-state index in [0.717, 1.165) is 10.8 Å². The fourth-order valence-electron chi connectivity index (χ4n) is 3.90. The summed E-state index contributed by atoms with van der Waals surface area (Å²) in [4.78, 5) is 20.2. The van der Waals surface area contributed by atoms with Crippen LogP contribution in [0.15, 0.2) is 75.9 Å². The number of aromatic hydroxyl groups is 2. The number of ether oxygens (including phenoxy) is 1. The summed E-state index contributed by atoms with van der Waals surface area (Å²) in [5, 5.41) is 23.0. The second-order valence-corrected chi connectivity index (χ2v) is 7.62. The van der Waals surface area contributed by atoms with E-state index in [9.17, 15) is 15.0 Å². The maximum Gasteiger partial charge on any atom is 0.227 e. The van der Waals surface area contributed by atoms with Gasteiger partial charge in [0.15, 0.2) is 5.76 Å². The van der Waals surface area contributed by atoms with Gasteiger partial charge in [0, 0.05) is 11.6 Å². The third-order valence-electron chi connectivity index (χ3n) is 5.48. The molecule has 0 saturated carbocycles. The Hall–Kier alpha value is -4.52. The molecule has 0 aliphatic rings. The van der Waals surface area contributed by atoms with E-state index in [-0.39, 0.29) is 11.5 Å². The topological polar surface area (TPSA) is 109 Å². The Labute approximate surface area is 188 Å². The van der Waals surface area contributed by atoms with Gasteiger partial charge in [-0.25, -0.2) is 4.98 Å². The quantitative estimate of drug-likeness (QED) is 0.352. The first-order chi connectivity index (χ1) is 16.0. The molecule has 5 rings (SSSR count). The number of aromatic amines is 1. The van der Waals surface area contributed by atoms with Gasteiger partial charge in [0.1, 0.15) is 34.5 Å². The first-order valence-corrected chi connectivity index (χ1v) is 10.3. The number of H-pyrrole nitrogens is 1. The van der Waals surface area contributed by atoms with Crippen LogP contribution >= 0.6 is 0 Å². The third kappa shape index (κ3) is 3.49. The molecule has 3 N–H and O–H groups in total. The van der Waals surface area contributed by atoms with Crippen molar-refractivity contribution < 1.29 is 19.4 Å². The number of nitrogens with one attached hydrogen (secondary N) is 1. The van der Waals surface area contributed by atoms with Crippen LogP contribution in [-0.2, 0) is 0 Å². The van der Waals surface area contributed by atoms with E-state index in [1.54, 1.807) is 32.2 Å². The van der Waals surface area contributed by atoms with Gasteiger partial charge in [0.05, 0.1) is 12.7 Å². The predicted octanol–water partition coefficient (Wildman–Crippen LogP) is 5.25. The second kappa shape index (κ2) is 7.87. The lowest BCUT2D eigenvalue weighted by molar-refractivity contribution is 0.415. The van der Waals surface area contributed by atoms with Gasteiger partial charge in [0.25, 0.3) is 0 Å². The number of aryl methyl sites for hydroxylation is 1. The van der Waals surface area contributed by atoms with Crippen LogP contribution in [0.4, 0.5) is 0 Å². The van der Waals surface area contributed by atoms with Crippen LogP contribution < -0.4 is 10.2 Å². The minimum absolute atomic E-state index is 0.0238. The summed E-state index contributed by atoms with van der Waals surface area (Å²) in [6.07, 6.45) is 0. The highest BCUT2D eigenvalue weighted by Crippen LogP contribution is 2.40. The molecule has 33 heavy (non-hydrogen) atoms. The molecule has 3 aromatic carbocycles. The molecule has 0 saturated heterocycles. The van der Waals surface area contributed by atoms with Crippen LogP contribution in [0.25, 0.3) is 44.9 Å². The van der Waals surface area contributed by atoms with Crippen molar-refractivity contribution in [3.8, 4) is 51.3 Å². The molecular formula is C26H20N2O5. The van der Waals surface area contributed by atoms with E-state index >= 15 is 0 Å². The highest BCUT2D eigenvalue weighted by molar-refractivity contribution is 5.99. The van der Waals surface area contributed by atoms with Crippen LogP contribution in [0.2, 0.25) is 0 Å². The van der Waals surface area contributed by atoms with Crippen molar-refractivity contribution in [3.05, 3.63) is 82.7 Å². The number of fused-ring (bicyclic) bond motifs is 1. The van der Waals surface area contributed by atoms with Crippen molar-refractivity contribution in [3.63, 3.8) is 0 Å². The van der Waals surface area contributed by atoms with Gasteiger partial charge in [-0.05, 0) is 48.0 Å². The highest BCUT2D eigenvalue weighted by Gasteiger charge is 2.23. The van der Waals surface area contributed by atoms with Crippen molar-refractivity contribution >= 4 is 10.8 Å². The number of methoxy groups -OCH3 is 1. The molecule has 0 amide bonds. The number of phenols is 1. The summed E-state index contributed by atoms with van der Waals surface area (Å²) in [6, 6.07) is 19.5. The van der Waals surface area contributed by atoms with Crippen molar-refractivity contribution in [1.29, 1.82) is 0 Å². The maximum atomic E-state index is 12.3. The summed E-state index contributed by atoms with van der Waals surface area (Å²) < 4.78 is 11.0. The fraction of sp³-hybridized carbons (Fsp3) is 0.0769. The number of benzene rings is 3. The molecule has 0 bridgehead atoms. The van der Waals surface area contributed by atoms with E-state index in [1.807, 2.05) is 42.5 Å². The Balaban J connectivity index is 1.82. The van der Waals surface area contributed by atoms with E-state index in [0.29, 0.717) is 39.8 Å². The van der Waals surface area contributed by atoms with Crippen molar-refractivity contribution in [2.24, 2.45) is 0 Å². The Morgan fingerprint density at radius 3 is 2.52 bits per heavy atom. The van der Waals surface area contributed by atoms with Crippen LogP contribution in [0, 0.1) is 6.92 Å². The summed E-state index contributed by atoms with van der Waals surface area (Å²) in [6.45, 7) is 1.63. The number of hydrogen-bond donors (Lipinski definition) is 3. The lowest BCUT2D eigenvalue weighted by Crippen LogP contribution is -2.01. The van der Waals surface area contributed by atoms with E-state index in [1.165, 1.54) is 6.07 Å². The first-order valence-electron chi connectivity index (χ1n) is 10.3. The molecule has 0 spiro atoms. The third-order valence-corrected chi connectivity index (χ3v) is 5.48. The number of imidazole rings is 1. The summed E-state index contributed by atoms with van der Waals surface area (Å²) >= 11 is 0.